The number of thiazole rings is 1. The quantitative estimate of drug-likeness (QED) is 0.901. The van der Waals surface area contributed by atoms with Gasteiger partial charge in [0, 0.05) is 17.4 Å². The van der Waals surface area contributed by atoms with Gasteiger partial charge in [0.2, 0.25) is 0 Å². The first-order valence-electron chi connectivity index (χ1n) is 6.13. The number of rotatable bonds is 5. The van der Waals surface area contributed by atoms with E-state index in [0.29, 0.717) is 13.2 Å². The van der Waals surface area contributed by atoms with Gasteiger partial charge in [-0.1, -0.05) is 0 Å². The molecule has 3 nitrogen and oxygen atoms in total. The predicted octanol–water partition coefficient (Wildman–Crippen LogP) is 3.02. The Morgan fingerprint density at radius 3 is 2.89 bits per heavy atom. The number of aryl methyl sites for hydroxylation is 1. The molecule has 0 saturated heterocycles. The Morgan fingerprint density at radius 2 is 2.22 bits per heavy atom. The van der Waals surface area contributed by atoms with E-state index in [9.17, 15) is 0 Å². The van der Waals surface area contributed by atoms with Gasteiger partial charge in [-0.15, -0.1) is 11.3 Å². The largest absolute Gasteiger partial charge is 0.494 e. The Balaban J connectivity index is 2.24. The minimum Gasteiger partial charge on any atom is -0.494 e. The van der Waals surface area contributed by atoms with Crippen LogP contribution >= 0.6 is 11.3 Å². The highest BCUT2D eigenvalue weighted by molar-refractivity contribution is 7.13. The van der Waals surface area contributed by atoms with Crippen LogP contribution < -0.4 is 10.5 Å². The van der Waals surface area contributed by atoms with E-state index in [4.69, 9.17) is 10.5 Å². The second kappa shape index (κ2) is 5.98. The molecule has 2 aromatic rings. The molecule has 0 fully saturated rings. The van der Waals surface area contributed by atoms with Crippen molar-refractivity contribution in [3.8, 4) is 16.3 Å². The molecule has 0 spiro atoms. The molecule has 0 radical (unpaired) electrons. The summed E-state index contributed by atoms with van der Waals surface area (Å²) < 4.78 is 5.54. The number of ether oxygens (including phenoxy) is 1. The minimum atomic E-state index is 0.644. The zero-order chi connectivity index (χ0) is 13.0. The van der Waals surface area contributed by atoms with Crippen molar-refractivity contribution in [2.45, 2.75) is 20.3 Å². The number of nitrogens with two attached hydrogens (primary N) is 1. The highest BCUT2D eigenvalue weighted by Crippen LogP contribution is 2.28. The van der Waals surface area contributed by atoms with Crippen LogP contribution in [0.3, 0.4) is 0 Å². The minimum absolute atomic E-state index is 0.644. The van der Waals surface area contributed by atoms with E-state index in [1.54, 1.807) is 11.3 Å². The number of aromatic nitrogens is 1. The average molecular weight is 262 g/mol. The maximum atomic E-state index is 5.54. The molecule has 1 aromatic heterocycles. The molecule has 0 aliphatic carbocycles. The lowest BCUT2D eigenvalue weighted by Crippen LogP contribution is -2.02. The lowest BCUT2D eigenvalue weighted by molar-refractivity contribution is 0.338. The predicted molar refractivity (Wildman–Crippen MR) is 76.2 cm³/mol. The third kappa shape index (κ3) is 2.89. The van der Waals surface area contributed by atoms with Crippen molar-refractivity contribution in [1.82, 2.24) is 4.98 Å². The van der Waals surface area contributed by atoms with Crippen molar-refractivity contribution < 1.29 is 4.74 Å². The van der Waals surface area contributed by atoms with Crippen molar-refractivity contribution in [2.75, 3.05) is 13.2 Å². The van der Waals surface area contributed by atoms with Crippen molar-refractivity contribution >= 4 is 11.3 Å². The molecule has 0 unspecified atom stereocenters. The van der Waals surface area contributed by atoms with Gasteiger partial charge in [0.15, 0.2) is 0 Å². The third-order valence-corrected chi connectivity index (χ3v) is 3.61. The Hall–Kier alpha value is -1.39. The molecular weight excluding hydrogens is 244 g/mol. The number of hydrogen-bond donors (Lipinski definition) is 1. The number of benzene rings is 1. The highest BCUT2D eigenvalue weighted by Gasteiger charge is 2.07. The Morgan fingerprint density at radius 1 is 1.39 bits per heavy atom. The Kier molecular flexibility index (Phi) is 4.33. The van der Waals surface area contributed by atoms with Crippen LogP contribution in [0.2, 0.25) is 0 Å². The van der Waals surface area contributed by atoms with Crippen LogP contribution in [0, 0.1) is 6.92 Å². The molecule has 0 aliphatic rings. The second-order valence-electron chi connectivity index (χ2n) is 4.10. The molecule has 0 bridgehead atoms. The molecule has 2 rings (SSSR count). The highest BCUT2D eigenvalue weighted by atomic mass is 32.1. The maximum absolute atomic E-state index is 5.54. The zero-order valence-electron chi connectivity index (χ0n) is 10.8. The third-order valence-electron chi connectivity index (χ3n) is 2.67. The van der Waals surface area contributed by atoms with E-state index >= 15 is 0 Å². The van der Waals surface area contributed by atoms with Crippen LogP contribution in [0.1, 0.15) is 18.2 Å². The summed E-state index contributed by atoms with van der Waals surface area (Å²) in [6.45, 7) is 5.39. The molecule has 0 amide bonds. The van der Waals surface area contributed by atoms with Gasteiger partial charge < -0.3 is 10.5 Å². The van der Waals surface area contributed by atoms with Gasteiger partial charge in [0.25, 0.3) is 0 Å². The van der Waals surface area contributed by atoms with Gasteiger partial charge in [-0.25, -0.2) is 4.98 Å². The monoisotopic (exact) mass is 262 g/mol. The fraction of sp³-hybridized carbons (Fsp3) is 0.357. The van der Waals surface area contributed by atoms with Crippen LogP contribution in [0.5, 0.6) is 5.75 Å². The van der Waals surface area contributed by atoms with E-state index in [2.05, 4.69) is 29.4 Å². The average Bonchev–Trinajstić information content (AvgIpc) is 2.81. The molecule has 2 N–H and O–H groups in total. The van der Waals surface area contributed by atoms with Crippen molar-refractivity contribution in [2.24, 2.45) is 5.73 Å². The molecule has 0 aliphatic heterocycles. The van der Waals surface area contributed by atoms with E-state index < -0.39 is 0 Å². The lowest BCUT2D eigenvalue weighted by atomic mass is 10.1. The van der Waals surface area contributed by atoms with Crippen molar-refractivity contribution in [3.05, 3.63) is 34.8 Å². The van der Waals surface area contributed by atoms with Crippen LogP contribution in [0.4, 0.5) is 0 Å². The SMILES string of the molecule is CCOc1ccc(-c2nc(CCN)cs2)cc1C. The summed E-state index contributed by atoms with van der Waals surface area (Å²) in [4.78, 5) is 4.58. The summed E-state index contributed by atoms with van der Waals surface area (Å²) in [6.07, 6.45) is 0.840. The summed E-state index contributed by atoms with van der Waals surface area (Å²) in [5.41, 5.74) is 8.89. The summed E-state index contributed by atoms with van der Waals surface area (Å²) in [5.74, 6) is 0.944. The molecule has 0 saturated carbocycles. The lowest BCUT2D eigenvalue weighted by Gasteiger charge is -2.07. The van der Waals surface area contributed by atoms with E-state index in [-0.39, 0.29) is 0 Å². The molecule has 1 heterocycles. The van der Waals surface area contributed by atoms with Gasteiger partial charge in [0.1, 0.15) is 10.8 Å². The fourth-order valence-corrected chi connectivity index (χ4v) is 2.65. The van der Waals surface area contributed by atoms with Crippen LogP contribution in [0.15, 0.2) is 23.6 Å². The molecular formula is C14H18N2OS. The van der Waals surface area contributed by atoms with Gasteiger partial charge in [0.05, 0.1) is 12.3 Å². The molecule has 96 valence electrons. The Labute approximate surface area is 112 Å². The topological polar surface area (TPSA) is 48.1 Å². The standard InChI is InChI=1S/C14H18N2OS/c1-3-17-13-5-4-11(8-10(13)2)14-16-12(6-7-15)9-18-14/h4-5,8-9H,3,6-7,15H2,1-2H3. The van der Waals surface area contributed by atoms with E-state index in [0.717, 1.165) is 34.0 Å². The van der Waals surface area contributed by atoms with E-state index in [1.807, 2.05) is 13.0 Å². The van der Waals surface area contributed by atoms with Crippen molar-refractivity contribution in [1.29, 1.82) is 0 Å². The summed E-state index contributed by atoms with van der Waals surface area (Å²) in [6, 6.07) is 6.19. The van der Waals surface area contributed by atoms with Crippen LogP contribution in [-0.4, -0.2) is 18.1 Å². The number of nitrogens with zero attached hydrogens (tertiary/aromatic N) is 1. The molecule has 1 aromatic carbocycles. The zero-order valence-corrected chi connectivity index (χ0v) is 11.6. The maximum Gasteiger partial charge on any atom is 0.123 e. The molecule has 4 heteroatoms. The smallest absolute Gasteiger partial charge is 0.123 e. The normalized spacial score (nSPS) is 10.6. The van der Waals surface area contributed by atoms with Crippen molar-refractivity contribution in [3.63, 3.8) is 0 Å². The summed E-state index contributed by atoms with van der Waals surface area (Å²) in [5, 5.41) is 3.12. The first-order chi connectivity index (χ1) is 8.74. The molecule has 18 heavy (non-hydrogen) atoms. The second-order valence-corrected chi connectivity index (χ2v) is 4.95. The van der Waals surface area contributed by atoms with Crippen LogP contribution in [-0.2, 0) is 6.42 Å². The molecule has 0 atom stereocenters. The van der Waals surface area contributed by atoms with Gasteiger partial charge in [-0.3, -0.25) is 0 Å². The van der Waals surface area contributed by atoms with Crippen LogP contribution in [0.25, 0.3) is 10.6 Å². The van der Waals surface area contributed by atoms with Gasteiger partial charge in [-0.05, 0) is 44.2 Å². The van der Waals surface area contributed by atoms with Gasteiger partial charge >= 0.3 is 0 Å². The first kappa shape index (κ1) is 13.1. The summed E-state index contributed by atoms with van der Waals surface area (Å²) >= 11 is 1.66. The Bertz CT molecular complexity index is 522. The van der Waals surface area contributed by atoms with Gasteiger partial charge in [-0.2, -0.15) is 0 Å². The fourth-order valence-electron chi connectivity index (χ4n) is 1.80. The first-order valence-corrected chi connectivity index (χ1v) is 7.01. The van der Waals surface area contributed by atoms with E-state index in [1.165, 1.54) is 0 Å². The summed E-state index contributed by atoms with van der Waals surface area (Å²) in [7, 11) is 0. The number of hydrogen-bond acceptors (Lipinski definition) is 4.